The van der Waals surface area contributed by atoms with Crippen LogP contribution < -0.4 is 0 Å². The van der Waals surface area contributed by atoms with Gasteiger partial charge in [0, 0.05) is 12.5 Å². The van der Waals surface area contributed by atoms with Crippen LogP contribution in [0.25, 0.3) is 0 Å². The Morgan fingerprint density at radius 1 is 1.21 bits per heavy atom. The molecule has 3 aliphatic carbocycles. The van der Waals surface area contributed by atoms with Crippen molar-refractivity contribution in [2.24, 2.45) is 17.3 Å². The molecule has 7 rings (SSSR count). The predicted octanol–water partition coefficient (Wildman–Crippen LogP) is 0.728. The third-order valence-electron chi connectivity index (χ3n) is 9.29. The second kappa shape index (κ2) is 4.37. The first-order valence-corrected chi connectivity index (χ1v) is 10.4. The molecule has 4 heterocycles. The van der Waals surface area contributed by atoms with Gasteiger partial charge >= 0.3 is 5.97 Å². The molecule has 0 radical (unpaired) electrons. The number of methoxy groups -OCH3 is 1. The fourth-order valence-corrected chi connectivity index (χ4v) is 8.12. The van der Waals surface area contributed by atoms with E-state index >= 15 is 0 Å². The van der Waals surface area contributed by atoms with E-state index in [0.717, 1.165) is 12.0 Å². The number of cyclic esters (lactones) is 1. The summed E-state index contributed by atoms with van der Waals surface area (Å²) in [7, 11) is 1.74. The van der Waals surface area contributed by atoms with Gasteiger partial charge in [-0.15, -0.1) is 0 Å². The van der Waals surface area contributed by atoms with Gasteiger partial charge in [-0.3, -0.25) is 0 Å². The molecule has 4 aliphatic heterocycles. The summed E-state index contributed by atoms with van der Waals surface area (Å²) in [6.45, 7) is 6.82. The third-order valence-corrected chi connectivity index (χ3v) is 9.29. The number of carbonyl (C=O) groups excluding carboxylic acids is 1. The average Bonchev–Trinajstić information content (AvgIpc) is 3.52. The Hall–Kier alpha value is -0.990. The molecule has 0 aromatic heterocycles. The molecule has 5 fully saturated rings. The Bertz CT molecular complexity index is 867. The molecule has 152 valence electrons. The lowest BCUT2D eigenvalue weighted by atomic mass is 9.46. The molecule has 2 saturated carbocycles. The summed E-state index contributed by atoms with van der Waals surface area (Å²) in [6.07, 6.45) is 0.216. The highest BCUT2D eigenvalue weighted by atomic mass is 16.8. The number of esters is 1. The fourth-order valence-electron chi connectivity index (χ4n) is 8.12. The van der Waals surface area contributed by atoms with E-state index in [-0.39, 0.29) is 53.9 Å². The van der Waals surface area contributed by atoms with E-state index < -0.39 is 17.3 Å². The van der Waals surface area contributed by atoms with Crippen LogP contribution in [0.15, 0.2) is 11.1 Å². The zero-order valence-electron chi connectivity index (χ0n) is 16.6. The van der Waals surface area contributed by atoms with E-state index in [0.29, 0.717) is 17.9 Å². The number of aliphatic hydroxyl groups is 1. The lowest BCUT2D eigenvalue weighted by Crippen LogP contribution is -2.70. The summed E-state index contributed by atoms with van der Waals surface area (Å²) < 4.78 is 30.8. The van der Waals surface area contributed by atoms with Gasteiger partial charge in [-0.05, 0) is 30.3 Å². The SMILES string of the molecule is CO[C@@H]1[C@@]2(C(C)C)O[C@H]2[C@@H]2O[C@]23[C@]12O[C@H]2CC1C2=C(C(=O)OC2)[C@@H](O)C[C@@]13C. The first kappa shape index (κ1) is 16.8. The molecule has 0 bridgehead atoms. The molecule has 7 nitrogen and oxygen atoms in total. The molecule has 0 aromatic rings. The molecule has 0 aromatic carbocycles. The van der Waals surface area contributed by atoms with Crippen molar-refractivity contribution in [3.8, 4) is 0 Å². The number of ether oxygens (including phenoxy) is 5. The molecule has 1 N–H and O–H groups in total. The van der Waals surface area contributed by atoms with Crippen molar-refractivity contribution in [2.45, 2.75) is 80.9 Å². The second-order valence-electron chi connectivity index (χ2n) is 10.3. The van der Waals surface area contributed by atoms with E-state index in [2.05, 4.69) is 20.8 Å². The molecule has 7 aliphatic rings. The van der Waals surface area contributed by atoms with E-state index in [1.54, 1.807) is 7.11 Å². The maximum absolute atomic E-state index is 12.2. The van der Waals surface area contributed by atoms with Gasteiger partial charge in [0.25, 0.3) is 0 Å². The molecule has 28 heavy (non-hydrogen) atoms. The number of hydrogen-bond donors (Lipinski definition) is 1. The molecule has 0 amide bonds. The minimum Gasteiger partial charge on any atom is -0.458 e. The minimum absolute atomic E-state index is 0.00233. The second-order valence-corrected chi connectivity index (χ2v) is 10.3. The standard InChI is InChI=1S/C21H26O7/c1-8(2)19-14(27-19)15-21(28-15)18(3)6-11(22)13-9(7-25-16(13)23)10(18)5-12-20(21,26-12)17(19)24-4/h8,10-12,14-15,17,22H,5-7H2,1-4H3/t10?,11-,12-,14-,15-,17+,18-,19-,20+,21+/m0/s1. The van der Waals surface area contributed by atoms with Crippen LogP contribution in [0.5, 0.6) is 0 Å². The van der Waals surface area contributed by atoms with Gasteiger partial charge < -0.3 is 28.8 Å². The summed E-state index contributed by atoms with van der Waals surface area (Å²) in [5, 5.41) is 10.9. The van der Waals surface area contributed by atoms with Crippen LogP contribution >= 0.6 is 0 Å². The Balaban J connectivity index is 1.40. The zero-order chi connectivity index (χ0) is 19.4. The van der Waals surface area contributed by atoms with Crippen LogP contribution in [0, 0.1) is 17.3 Å². The van der Waals surface area contributed by atoms with Crippen molar-refractivity contribution in [2.75, 3.05) is 13.7 Å². The lowest BCUT2D eigenvalue weighted by molar-refractivity contribution is -0.137. The topological polar surface area (TPSA) is 93.4 Å². The molecule has 2 spiro atoms. The van der Waals surface area contributed by atoms with Crippen molar-refractivity contribution in [1.29, 1.82) is 0 Å². The third kappa shape index (κ3) is 1.33. The Morgan fingerprint density at radius 3 is 2.71 bits per heavy atom. The summed E-state index contributed by atoms with van der Waals surface area (Å²) in [4.78, 5) is 12.2. The Kier molecular flexibility index (Phi) is 2.62. The number of hydrogen-bond acceptors (Lipinski definition) is 7. The van der Waals surface area contributed by atoms with E-state index in [1.165, 1.54) is 0 Å². The summed E-state index contributed by atoms with van der Waals surface area (Å²) >= 11 is 0. The van der Waals surface area contributed by atoms with E-state index in [4.69, 9.17) is 23.7 Å². The van der Waals surface area contributed by atoms with Crippen molar-refractivity contribution in [3.63, 3.8) is 0 Å². The number of rotatable bonds is 2. The van der Waals surface area contributed by atoms with Crippen LogP contribution in [0.1, 0.15) is 33.6 Å². The van der Waals surface area contributed by atoms with Gasteiger partial charge in [-0.1, -0.05) is 20.8 Å². The number of aliphatic hydroxyl groups excluding tert-OH is 1. The highest BCUT2D eigenvalue weighted by Crippen LogP contribution is 2.83. The van der Waals surface area contributed by atoms with Crippen LogP contribution in [0.4, 0.5) is 0 Å². The molecule has 7 heteroatoms. The van der Waals surface area contributed by atoms with Crippen LogP contribution in [-0.4, -0.2) is 72.1 Å². The van der Waals surface area contributed by atoms with Crippen LogP contribution in [-0.2, 0) is 28.5 Å². The monoisotopic (exact) mass is 390 g/mol. The van der Waals surface area contributed by atoms with Gasteiger partial charge in [0.2, 0.25) is 0 Å². The first-order valence-electron chi connectivity index (χ1n) is 10.4. The van der Waals surface area contributed by atoms with Gasteiger partial charge in [-0.2, -0.15) is 0 Å². The lowest BCUT2D eigenvalue weighted by Gasteiger charge is -2.54. The Morgan fingerprint density at radius 2 is 2.00 bits per heavy atom. The van der Waals surface area contributed by atoms with Gasteiger partial charge in [0.1, 0.15) is 36.1 Å². The van der Waals surface area contributed by atoms with E-state index in [1.807, 2.05) is 0 Å². The van der Waals surface area contributed by atoms with Crippen molar-refractivity contribution in [3.05, 3.63) is 11.1 Å². The van der Waals surface area contributed by atoms with Crippen LogP contribution in [0.3, 0.4) is 0 Å². The predicted molar refractivity (Wildman–Crippen MR) is 93.3 cm³/mol. The minimum atomic E-state index is -0.823. The number of carbonyl (C=O) groups is 1. The smallest absolute Gasteiger partial charge is 0.337 e. The maximum Gasteiger partial charge on any atom is 0.337 e. The van der Waals surface area contributed by atoms with Gasteiger partial charge in [-0.25, -0.2) is 4.79 Å². The average molecular weight is 390 g/mol. The van der Waals surface area contributed by atoms with Crippen molar-refractivity contribution >= 4 is 5.97 Å². The highest BCUT2D eigenvalue weighted by Gasteiger charge is 3.00. The molecule has 1 unspecified atom stereocenters. The zero-order valence-corrected chi connectivity index (χ0v) is 16.6. The summed E-state index contributed by atoms with van der Waals surface area (Å²) in [6, 6.07) is 0. The number of fused-ring (bicyclic) bond motifs is 4. The van der Waals surface area contributed by atoms with Gasteiger partial charge in [0.15, 0.2) is 5.60 Å². The Labute approximate surface area is 163 Å². The van der Waals surface area contributed by atoms with E-state index in [9.17, 15) is 9.90 Å². The fraction of sp³-hybridized carbons (Fsp3) is 0.857. The maximum atomic E-state index is 12.2. The van der Waals surface area contributed by atoms with Crippen LogP contribution in [0.2, 0.25) is 0 Å². The molecular weight excluding hydrogens is 364 g/mol. The normalized spacial score (nSPS) is 62.1. The molecular formula is C21H26O7. The summed E-state index contributed by atoms with van der Waals surface area (Å²) in [5.41, 5.74) is -0.368. The summed E-state index contributed by atoms with van der Waals surface area (Å²) in [5.74, 6) is 0.0268. The first-order chi connectivity index (χ1) is 13.3. The molecule has 10 atom stereocenters. The largest absolute Gasteiger partial charge is 0.458 e. The quantitative estimate of drug-likeness (QED) is 0.549. The van der Waals surface area contributed by atoms with Crippen molar-refractivity contribution in [1.82, 2.24) is 0 Å². The highest BCUT2D eigenvalue weighted by molar-refractivity contribution is 5.93. The molecule has 3 saturated heterocycles. The number of epoxide rings is 3. The van der Waals surface area contributed by atoms with Gasteiger partial charge in [0.05, 0.1) is 17.8 Å². The van der Waals surface area contributed by atoms with Crippen molar-refractivity contribution < 1.29 is 33.6 Å².